The zero-order chi connectivity index (χ0) is 14.5. The molecule has 5 heteroatoms. The number of rotatable bonds is 6. The normalized spacial score (nSPS) is 10.7. The SMILES string of the molecule is CCCNc1nc(NCc2ccco2)nc2ccccc12. The molecule has 0 spiro atoms. The van der Waals surface area contributed by atoms with Gasteiger partial charge in [0.05, 0.1) is 18.3 Å². The van der Waals surface area contributed by atoms with Crippen molar-refractivity contribution in [3.63, 3.8) is 0 Å². The molecule has 0 amide bonds. The summed E-state index contributed by atoms with van der Waals surface area (Å²) >= 11 is 0. The van der Waals surface area contributed by atoms with E-state index in [-0.39, 0.29) is 0 Å². The molecule has 0 unspecified atom stereocenters. The summed E-state index contributed by atoms with van der Waals surface area (Å²) in [5.41, 5.74) is 0.924. The molecule has 21 heavy (non-hydrogen) atoms. The molecule has 3 aromatic rings. The van der Waals surface area contributed by atoms with Crippen molar-refractivity contribution in [3.05, 3.63) is 48.4 Å². The second-order valence-corrected chi connectivity index (χ2v) is 4.77. The fourth-order valence-electron chi connectivity index (χ4n) is 2.11. The molecule has 108 valence electrons. The van der Waals surface area contributed by atoms with Crippen LogP contribution in [0.3, 0.4) is 0 Å². The van der Waals surface area contributed by atoms with Crippen LogP contribution in [-0.4, -0.2) is 16.5 Å². The van der Waals surface area contributed by atoms with Crippen LogP contribution in [0.5, 0.6) is 0 Å². The largest absolute Gasteiger partial charge is 0.467 e. The second-order valence-electron chi connectivity index (χ2n) is 4.77. The van der Waals surface area contributed by atoms with Gasteiger partial charge in [-0.3, -0.25) is 0 Å². The molecule has 5 nitrogen and oxygen atoms in total. The van der Waals surface area contributed by atoms with Crippen molar-refractivity contribution in [2.24, 2.45) is 0 Å². The van der Waals surface area contributed by atoms with Gasteiger partial charge in [0.25, 0.3) is 0 Å². The lowest BCUT2D eigenvalue weighted by molar-refractivity contribution is 0.517. The molecule has 3 rings (SSSR count). The number of fused-ring (bicyclic) bond motifs is 1. The first-order chi connectivity index (χ1) is 10.4. The lowest BCUT2D eigenvalue weighted by Crippen LogP contribution is -2.08. The van der Waals surface area contributed by atoms with E-state index in [0.717, 1.165) is 35.4 Å². The molecule has 0 bridgehead atoms. The average Bonchev–Trinajstić information content (AvgIpc) is 3.04. The van der Waals surface area contributed by atoms with E-state index in [4.69, 9.17) is 4.42 Å². The third-order valence-corrected chi connectivity index (χ3v) is 3.15. The van der Waals surface area contributed by atoms with Gasteiger partial charge in [-0.15, -0.1) is 0 Å². The molecule has 0 aliphatic heterocycles. The summed E-state index contributed by atoms with van der Waals surface area (Å²) in [7, 11) is 0. The maximum absolute atomic E-state index is 5.30. The highest BCUT2D eigenvalue weighted by molar-refractivity contribution is 5.89. The van der Waals surface area contributed by atoms with Crippen LogP contribution in [0.15, 0.2) is 47.1 Å². The third kappa shape index (κ3) is 3.13. The van der Waals surface area contributed by atoms with Crippen LogP contribution in [0.2, 0.25) is 0 Å². The Bertz CT molecular complexity index is 709. The van der Waals surface area contributed by atoms with E-state index in [1.807, 2.05) is 36.4 Å². The van der Waals surface area contributed by atoms with Gasteiger partial charge >= 0.3 is 0 Å². The molecule has 0 atom stereocenters. The molecule has 0 saturated carbocycles. The van der Waals surface area contributed by atoms with Gasteiger partial charge in [-0.05, 0) is 30.7 Å². The van der Waals surface area contributed by atoms with Crippen LogP contribution in [0.25, 0.3) is 10.9 Å². The van der Waals surface area contributed by atoms with Crippen LogP contribution in [0.4, 0.5) is 11.8 Å². The molecule has 0 aliphatic carbocycles. The molecule has 2 aromatic heterocycles. The molecular formula is C16H18N4O. The molecule has 1 aromatic carbocycles. The Kier molecular flexibility index (Phi) is 4.00. The van der Waals surface area contributed by atoms with Gasteiger partial charge in [-0.25, -0.2) is 4.98 Å². The monoisotopic (exact) mass is 282 g/mol. The predicted molar refractivity (Wildman–Crippen MR) is 84.4 cm³/mol. The minimum Gasteiger partial charge on any atom is -0.467 e. The number of anilines is 2. The number of furan rings is 1. The highest BCUT2D eigenvalue weighted by atomic mass is 16.3. The third-order valence-electron chi connectivity index (χ3n) is 3.15. The van der Waals surface area contributed by atoms with Gasteiger partial charge < -0.3 is 15.1 Å². The van der Waals surface area contributed by atoms with Crippen molar-refractivity contribution in [3.8, 4) is 0 Å². The van der Waals surface area contributed by atoms with E-state index in [9.17, 15) is 0 Å². The van der Waals surface area contributed by atoms with Crippen LogP contribution in [0, 0.1) is 0 Å². The van der Waals surface area contributed by atoms with Crippen molar-refractivity contribution in [1.29, 1.82) is 0 Å². The van der Waals surface area contributed by atoms with Crippen molar-refractivity contribution >= 4 is 22.7 Å². The Balaban J connectivity index is 1.87. The Morgan fingerprint density at radius 2 is 1.95 bits per heavy atom. The summed E-state index contributed by atoms with van der Waals surface area (Å²) in [4.78, 5) is 9.10. The fourth-order valence-corrected chi connectivity index (χ4v) is 2.11. The van der Waals surface area contributed by atoms with Crippen molar-refractivity contribution in [2.45, 2.75) is 19.9 Å². The summed E-state index contributed by atoms with van der Waals surface area (Å²) in [6.45, 7) is 3.59. The molecule has 0 saturated heterocycles. The molecule has 0 fully saturated rings. The highest BCUT2D eigenvalue weighted by Gasteiger charge is 2.07. The first-order valence-corrected chi connectivity index (χ1v) is 7.13. The maximum atomic E-state index is 5.30. The molecule has 0 aliphatic rings. The van der Waals surface area contributed by atoms with E-state index in [0.29, 0.717) is 12.5 Å². The van der Waals surface area contributed by atoms with Gasteiger partial charge in [0, 0.05) is 11.9 Å². The Morgan fingerprint density at radius 1 is 1.05 bits per heavy atom. The van der Waals surface area contributed by atoms with Crippen molar-refractivity contribution < 1.29 is 4.42 Å². The average molecular weight is 282 g/mol. The van der Waals surface area contributed by atoms with Crippen LogP contribution in [-0.2, 0) is 6.54 Å². The van der Waals surface area contributed by atoms with E-state index >= 15 is 0 Å². The number of benzene rings is 1. The van der Waals surface area contributed by atoms with Crippen LogP contribution >= 0.6 is 0 Å². The Morgan fingerprint density at radius 3 is 2.76 bits per heavy atom. The van der Waals surface area contributed by atoms with Gasteiger partial charge in [-0.2, -0.15) is 4.98 Å². The number of nitrogens with one attached hydrogen (secondary N) is 2. The zero-order valence-corrected chi connectivity index (χ0v) is 12.0. The van der Waals surface area contributed by atoms with Gasteiger partial charge in [0.1, 0.15) is 11.6 Å². The number of hydrogen-bond acceptors (Lipinski definition) is 5. The van der Waals surface area contributed by atoms with Gasteiger partial charge in [0.2, 0.25) is 5.95 Å². The summed E-state index contributed by atoms with van der Waals surface area (Å²) in [5, 5.41) is 7.59. The van der Waals surface area contributed by atoms with Gasteiger partial charge in [0.15, 0.2) is 0 Å². The molecule has 2 heterocycles. The van der Waals surface area contributed by atoms with Crippen LogP contribution in [0.1, 0.15) is 19.1 Å². The number of para-hydroxylation sites is 1. The summed E-state index contributed by atoms with van der Waals surface area (Å²) < 4.78 is 5.30. The summed E-state index contributed by atoms with van der Waals surface area (Å²) in [6.07, 6.45) is 2.71. The number of aromatic nitrogens is 2. The summed E-state index contributed by atoms with van der Waals surface area (Å²) in [6, 6.07) is 11.8. The first-order valence-electron chi connectivity index (χ1n) is 7.13. The fraction of sp³-hybridized carbons (Fsp3) is 0.250. The summed E-state index contributed by atoms with van der Waals surface area (Å²) in [5.74, 6) is 2.32. The van der Waals surface area contributed by atoms with Crippen LogP contribution < -0.4 is 10.6 Å². The van der Waals surface area contributed by atoms with Gasteiger partial charge in [-0.1, -0.05) is 19.1 Å². The molecule has 2 N–H and O–H groups in total. The standard InChI is InChI=1S/C16H18N4O/c1-2-9-17-15-13-7-3-4-8-14(13)19-16(20-15)18-11-12-6-5-10-21-12/h3-8,10H,2,9,11H2,1H3,(H2,17,18,19,20). The molecule has 0 radical (unpaired) electrons. The Labute approximate surface area is 123 Å². The second kappa shape index (κ2) is 6.26. The highest BCUT2D eigenvalue weighted by Crippen LogP contribution is 2.22. The van der Waals surface area contributed by atoms with Crippen molar-refractivity contribution in [2.75, 3.05) is 17.2 Å². The smallest absolute Gasteiger partial charge is 0.225 e. The Hall–Kier alpha value is -2.56. The first kappa shape index (κ1) is 13.4. The quantitative estimate of drug-likeness (QED) is 0.722. The lowest BCUT2D eigenvalue weighted by atomic mass is 10.2. The minimum atomic E-state index is 0.568. The van der Waals surface area contributed by atoms with E-state index < -0.39 is 0 Å². The topological polar surface area (TPSA) is 63.0 Å². The molecular weight excluding hydrogens is 264 g/mol. The number of hydrogen-bond donors (Lipinski definition) is 2. The predicted octanol–water partition coefficient (Wildman–Crippen LogP) is 3.66. The lowest BCUT2D eigenvalue weighted by Gasteiger charge is -2.10. The van der Waals surface area contributed by atoms with E-state index in [1.165, 1.54) is 0 Å². The minimum absolute atomic E-state index is 0.568. The van der Waals surface area contributed by atoms with E-state index in [2.05, 4.69) is 27.5 Å². The zero-order valence-electron chi connectivity index (χ0n) is 12.0. The maximum Gasteiger partial charge on any atom is 0.225 e. The number of nitrogens with zero attached hydrogens (tertiary/aromatic N) is 2. The van der Waals surface area contributed by atoms with E-state index in [1.54, 1.807) is 6.26 Å². The van der Waals surface area contributed by atoms with Crippen molar-refractivity contribution in [1.82, 2.24) is 9.97 Å².